The molecule has 7 heteroatoms. The predicted octanol–water partition coefficient (Wildman–Crippen LogP) is 4.53. The van der Waals surface area contributed by atoms with E-state index >= 15 is 0 Å². The van der Waals surface area contributed by atoms with Gasteiger partial charge in [-0.3, -0.25) is 9.10 Å². The average Bonchev–Trinajstić information content (AvgIpc) is 2.70. The van der Waals surface area contributed by atoms with Crippen LogP contribution in [-0.2, 0) is 10.0 Å². The second kappa shape index (κ2) is 7.94. The van der Waals surface area contributed by atoms with E-state index in [-0.39, 0.29) is 10.8 Å². The van der Waals surface area contributed by atoms with Gasteiger partial charge in [-0.15, -0.1) is 0 Å². The van der Waals surface area contributed by atoms with E-state index < -0.39 is 10.0 Å². The number of nitrogens with zero attached hydrogens (tertiary/aromatic N) is 1. The number of carbonyl (C=O) groups is 1. The van der Waals surface area contributed by atoms with Gasteiger partial charge in [0, 0.05) is 17.1 Å². The Morgan fingerprint density at radius 2 is 1.48 bits per heavy atom. The third kappa shape index (κ3) is 4.20. The van der Waals surface area contributed by atoms with E-state index in [4.69, 9.17) is 0 Å². The lowest BCUT2D eigenvalue weighted by Gasteiger charge is -2.19. The monoisotopic (exact) mass is 444 g/mol. The first-order valence-electron chi connectivity index (χ1n) is 8.09. The van der Waals surface area contributed by atoms with Crippen LogP contribution in [0.1, 0.15) is 10.4 Å². The van der Waals surface area contributed by atoms with E-state index in [2.05, 4.69) is 21.2 Å². The van der Waals surface area contributed by atoms with Crippen LogP contribution in [0.15, 0.2) is 88.2 Å². The van der Waals surface area contributed by atoms with Crippen molar-refractivity contribution in [3.05, 3.63) is 88.9 Å². The lowest BCUT2D eigenvalue weighted by atomic mass is 10.2. The maximum absolute atomic E-state index is 12.8. The van der Waals surface area contributed by atoms with Crippen molar-refractivity contribution in [2.45, 2.75) is 4.90 Å². The molecule has 3 rings (SSSR count). The molecule has 0 aliphatic rings. The minimum Gasteiger partial charge on any atom is -0.321 e. The molecule has 27 heavy (non-hydrogen) atoms. The molecule has 0 atom stereocenters. The molecule has 0 saturated heterocycles. The molecule has 138 valence electrons. The highest BCUT2D eigenvalue weighted by atomic mass is 79.9. The summed E-state index contributed by atoms with van der Waals surface area (Å²) < 4.78 is 27.5. The molecule has 1 amide bonds. The second-order valence-electron chi connectivity index (χ2n) is 5.77. The molecular formula is C20H17BrN2O3S. The number of carbonyl (C=O) groups excluding carboxylic acids is 1. The Labute approximate surface area is 166 Å². The Morgan fingerprint density at radius 1 is 0.889 bits per heavy atom. The van der Waals surface area contributed by atoms with Gasteiger partial charge in [0.25, 0.3) is 15.9 Å². The largest absolute Gasteiger partial charge is 0.321 e. The molecule has 1 N–H and O–H groups in total. The van der Waals surface area contributed by atoms with E-state index in [0.717, 1.165) is 4.47 Å². The summed E-state index contributed by atoms with van der Waals surface area (Å²) in [6.45, 7) is 0. The molecule has 0 aliphatic carbocycles. The van der Waals surface area contributed by atoms with Crippen molar-refractivity contribution in [1.29, 1.82) is 0 Å². The smallest absolute Gasteiger partial charge is 0.264 e. The van der Waals surface area contributed by atoms with Gasteiger partial charge in [-0.25, -0.2) is 8.42 Å². The molecule has 0 bridgehead atoms. The van der Waals surface area contributed by atoms with E-state index in [0.29, 0.717) is 16.9 Å². The van der Waals surface area contributed by atoms with Crippen molar-refractivity contribution in [2.75, 3.05) is 16.7 Å². The van der Waals surface area contributed by atoms with Crippen LogP contribution in [0.2, 0.25) is 0 Å². The van der Waals surface area contributed by atoms with Crippen LogP contribution in [-0.4, -0.2) is 21.4 Å². The van der Waals surface area contributed by atoms with Gasteiger partial charge in [0.15, 0.2) is 0 Å². The Kier molecular flexibility index (Phi) is 5.62. The summed E-state index contributed by atoms with van der Waals surface area (Å²) in [4.78, 5) is 12.5. The van der Waals surface area contributed by atoms with Gasteiger partial charge in [-0.2, -0.15) is 0 Å². The van der Waals surface area contributed by atoms with Crippen LogP contribution in [0.3, 0.4) is 0 Å². The minimum atomic E-state index is -3.71. The Hall–Kier alpha value is -2.64. The van der Waals surface area contributed by atoms with Crippen molar-refractivity contribution < 1.29 is 13.2 Å². The van der Waals surface area contributed by atoms with Crippen LogP contribution < -0.4 is 9.62 Å². The van der Waals surface area contributed by atoms with Crippen molar-refractivity contribution in [3.8, 4) is 0 Å². The highest BCUT2D eigenvalue weighted by Gasteiger charge is 2.21. The molecule has 3 aromatic rings. The van der Waals surface area contributed by atoms with Gasteiger partial charge < -0.3 is 5.32 Å². The van der Waals surface area contributed by atoms with Crippen LogP contribution in [0.5, 0.6) is 0 Å². The quantitative estimate of drug-likeness (QED) is 0.628. The zero-order valence-corrected chi connectivity index (χ0v) is 16.9. The van der Waals surface area contributed by atoms with Crippen molar-refractivity contribution >= 4 is 43.2 Å². The van der Waals surface area contributed by atoms with Gasteiger partial charge in [0.1, 0.15) is 0 Å². The van der Waals surface area contributed by atoms with Gasteiger partial charge in [-0.1, -0.05) is 30.3 Å². The predicted molar refractivity (Wildman–Crippen MR) is 111 cm³/mol. The summed E-state index contributed by atoms with van der Waals surface area (Å²) in [6.07, 6.45) is 0. The molecule has 0 aliphatic heterocycles. The third-order valence-electron chi connectivity index (χ3n) is 4.02. The average molecular weight is 445 g/mol. The molecule has 0 spiro atoms. The van der Waals surface area contributed by atoms with Gasteiger partial charge in [0.2, 0.25) is 0 Å². The molecule has 3 aromatic carbocycles. The number of hydrogen-bond donors (Lipinski definition) is 1. The summed E-state index contributed by atoms with van der Waals surface area (Å²) in [5, 5.41) is 2.79. The normalized spacial score (nSPS) is 11.0. The first kappa shape index (κ1) is 19.1. The van der Waals surface area contributed by atoms with Gasteiger partial charge in [0.05, 0.1) is 16.3 Å². The Balaban J connectivity index is 1.80. The molecular weight excluding hydrogens is 428 g/mol. The number of para-hydroxylation sites is 2. The number of benzene rings is 3. The first-order valence-corrected chi connectivity index (χ1v) is 10.3. The number of anilines is 2. The maximum Gasteiger partial charge on any atom is 0.264 e. The van der Waals surface area contributed by atoms with Gasteiger partial charge in [-0.05, 0) is 64.5 Å². The SMILES string of the molecule is CN(c1ccccc1)S(=O)(=O)c1ccc(C(=O)Nc2ccccc2Br)cc1. The summed E-state index contributed by atoms with van der Waals surface area (Å²) in [5.41, 5.74) is 1.57. The first-order chi connectivity index (χ1) is 12.9. The van der Waals surface area contributed by atoms with E-state index in [1.165, 1.54) is 35.6 Å². The zero-order valence-electron chi connectivity index (χ0n) is 14.5. The number of amides is 1. The molecule has 0 radical (unpaired) electrons. The molecule has 0 unspecified atom stereocenters. The number of sulfonamides is 1. The van der Waals surface area contributed by atoms with Gasteiger partial charge >= 0.3 is 0 Å². The minimum absolute atomic E-state index is 0.117. The summed E-state index contributed by atoms with van der Waals surface area (Å²) in [7, 11) is -2.21. The molecule has 0 aromatic heterocycles. The lowest BCUT2D eigenvalue weighted by molar-refractivity contribution is 0.102. The highest BCUT2D eigenvalue weighted by Crippen LogP contribution is 2.24. The maximum atomic E-state index is 12.8. The Morgan fingerprint density at radius 3 is 2.11 bits per heavy atom. The standard InChI is InChI=1S/C20H17BrN2O3S/c1-23(16-7-3-2-4-8-16)27(25,26)17-13-11-15(12-14-17)20(24)22-19-10-6-5-9-18(19)21/h2-14H,1H3,(H,22,24). The summed E-state index contributed by atoms with van der Waals surface area (Å²) >= 11 is 3.37. The van der Waals surface area contributed by atoms with Crippen LogP contribution >= 0.6 is 15.9 Å². The summed E-state index contributed by atoms with van der Waals surface area (Å²) in [6, 6.07) is 21.9. The fourth-order valence-corrected chi connectivity index (χ4v) is 4.05. The molecule has 5 nitrogen and oxygen atoms in total. The number of rotatable bonds is 5. The number of hydrogen-bond acceptors (Lipinski definition) is 3. The van der Waals surface area contributed by atoms with E-state index in [1.54, 1.807) is 30.3 Å². The topological polar surface area (TPSA) is 66.5 Å². The van der Waals surface area contributed by atoms with Crippen molar-refractivity contribution in [2.24, 2.45) is 0 Å². The zero-order chi connectivity index (χ0) is 19.4. The van der Waals surface area contributed by atoms with Crippen LogP contribution in [0, 0.1) is 0 Å². The van der Waals surface area contributed by atoms with E-state index in [9.17, 15) is 13.2 Å². The summed E-state index contributed by atoms with van der Waals surface area (Å²) in [5.74, 6) is -0.317. The van der Waals surface area contributed by atoms with Crippen LogP contribution in [0.25, 0.3) is 0 Å². The molecule has 0 heterocycles. The fourth-order valence-electron chi connectivity index (χ4n) is 2.47. The van der Waals surface area contributed by atoms with E-state index in [1.807, 2.05) is 24.3 Å². The lowest BCUT2D eigenvalue weighted by Crippen LogP contribution is -2.26. The molecule has 0 saturated carbocycles. The van der Waals surface area contributed by atoms with Crippen LogP contribution in [0.4, 0.5) is 11.4 Å². The number of nitrogens with one attached hydrogen (secondary N) is 1. The fraction of sp³-hybridized carbons (Fsp3) is 0.0500. The Bertz CT molecular complexity index is 1050. The number of halogens is 1. The highest BCUT2D eigenvalue weighted by molar-refractivity contribution is 9.10. The van der Waals surface area contributed by atoms with Crippen molar-refractivity contribution in [3.63, 3.8) is 0 Å². The third-order valence-corrected chi connectivity index (χ3v) is 6.51. The second-order valence-corrected chi connectivity index (χ2v) is 8.59. The molecule has 0 fully saturated rings. The van der Waals surface area contributed by atoms with Crippen molar-refractivity contribution in [1.82, 2.24) is 0 Å².